The average molecular weight is 393 g/mol. The maximum absolute atomic E-state index is 12.7. The van der Waals surface area contributed by atoms with Gasteiger partial charge in [-0.25, -0.2) is 0 Å². The van der Waals surface area contributed by atoms with Crippen molar-refractivity contribution in [3.63, 3.8) is 0 Å². The average Bonchev–Trinajstić information content (AvgIpc) is 2.79. The van der Waals surface area contributed by atoms with Crippen LogP contribution in [-0.4, -0.2) is 47.3 Å². The van der Waals surface area contributed by atoms with Gasteiger partial charge in [0.1, 0.15) is 0 Å². The second-order valence-corrected chi connectivity index (χ2v) is 7.04. The Bertz CT molecular complexity index is 539. The van der Waals surface area contributed by atoms with Gasteiger partial charge in [0, 0.05) is 31.7 Å². The number of carbonyl (C=O) groups is 1. The summed E-state index contributed by atoms with van der Waals surface area (Å²) in [6.45, 7) is 9.09. The third-order valence-electron chi connectivity index (χ3n) is 5.32. The van der Waals surface area contributed by atoms with Crippen molar-refractivity contribution in [2.45, 2.75) is 46.5 Å². The molecule has 2 heterocycles. The SMILES string of the molecule is CNCCC1CCN(C(=O)C(C)Cc2c(C)nn(C)c2C)CC1.Cl.Cl. The highest BCUT2D eigenvalue weighted by atomic mass is 35.5. The van der Waals surface area contributed by atoms with Crippen LogP contribution in [0.5, 0.6) is 0 Å². The summed E-state index contributed by atoms with van der Waals surface area (Å²) < 4.78 is 1.91. The maximum atomic E-state index is 12.7. The minimum atomic E-state index is 0. The first-order chi connectivity index (χ1) is 10.9. The summed E-state index contributed by atoms with van der Waals surface area (Å²) in [5.74, 6) is 1.11. The molecular weight excluding hydrogens is 359 g/mol. The molecule has 0 radical (unpaired) electrons. The number of halogens is 2. The van der Waals surface area contributed by atoms with Crippen molar-refractivity contribution in [1.82, 2.24) is 20.0 Å². The highest BCUT2D eigenvalue weighted by molar-refractivity contribution is 5.85. The van der Waals surface area contributed by atoms with E-state index < -0.39 is 0 Å². The van der Waals surface area contributed by atoms with Gasteiger partial charge in [0.05, 0.1) is 5.69 Å². The monoisotopic (exact) mass is 392 g/mol. The van der Waals surface area contributed by atoms with Gasteiger partial charge in [0.2, 0.25) is 5.91 Å². The predicted octanol–water partition coefficient (Wildman–Crippen LogP) is 2.91. The predicted molar refractivity (Wildman–Crippen MR) is 108 cm³/mol. The summed E-state index contributed by atoms with van der Waals surface area (Å²) in [6, 6.07) is 0. The third kappa shape index (κ3) is 6.15. The van der Waals surface area contributed by atoms with E-state index in [0.29, 0.717) is 5.91 Å². The lowest BCUT2D eigenvalue weighted by atomic mass is 9.92. The van der Waals surface area contributed by atoms with Crippen LogP contribution in [0.25, 0.3) is 0 Å². The number of piperidine rings is 1. The van der Waals surface area contributed by atoms with Crippen molar-refractivity contribution >= 4 is 30.7 Å². The number of carbonyl (C=O) groups excluding carboxylic acids is 1. The summed E-state index contributed by atoms with van der Waals surface area (Å²) in [4.78, 5) is 14.8. The largest absolute Gasteiger partial charge is 0.342 e. The van der Waals surface area contributed by atoms with Crippen molar-refractivity contribution in [1.29, 1.82) is 0 Å². The molecule has 0 bridgehead atoms. The van der Waals surface area contributed by atoms with Crippen LogP contribution >= 0.6 is 24.8 Å². The van der Waals surface area contributed by atoms with Gasteiger partial charge in [0.15, 0.2) is 0 Å². The molecule has 146 valence electrons. The summed E-state index contributed by atoms with van der Waals surface area (Å²) in [5, 5.41) is 7.68. The zero-order valence-electron chi connectivity index (χ0n) is 16.2. The van der Waals surface area contributed by atoms with E-state index in [0.717, 1.165) is 50.5 Å². The quantitative estimate of drug-likeness (QED) is 0.809. The number of aromatic nitrogens is 2. The number of aryl methyl sites for hydroxylation is 2. The number of rotatable bonds is 6. The molecule has 1 amide bonds. The van der Waals surface area contributed by atoms with E-state index in [4.69, 9.17) is 0 Å². The first-order valence-corrected chi connectivity index (χ1v) is 8.86. The molecule has 5 nitrogen and oxygen atoms in total. The molecule has 2 rings (SSSR count). The highest BCUT2D eigenvalue weighted by Gasteiger charge is 2.27. The number of hydrogen-bond acceptors (Lipinski definition) is 3. The maximum Gasteiger partial charge on any atom is 0.225 e. The summed E-state index contributed by atoms with van der Waals surface area (Å²) in [6.07, 6.45) is 4.31. The Hall–Kier alpha value is -0.780. The lowest BCUT2D eigenvalue weighted by molar-refractivity contribution is -0.136. The molecule has 1 atom stereocenters. The van der Waals surface area contributed by atoms with E-state index in [1.165, 1.54) is 17.7 Å². The van der Waals surface area contributed by atoms with Crippen LogP contribution in [0.1, 0.15) is 43.1 Å². The molecule has 25 heavy (non-hydrogen) atoms. The Morgan fingerprint density at radius 3 is 2.36 bits per heavy atom. The van der Waals surface area contributed by atoms with E-state index >= 15 is 0 Å². The number of amides is 1. The van der Waals surface area contributed by atoms with Crippen LogP contribution in [0.15, 0.2) is 0 Å². The molecule has 0 aromatic carbocycles. The lowest BCUT2D eigenvalue weighted by Gasteiger charge is -2.33. The smallest absolute Gasteiger partial charge is 0.225 e. The van der Waals surface area contributed by atoms with E-state index in [2.05, 4.69) is 29.2 Å². The normalized spacial score (nSPS) is 16.1. The van der Waals surface area contributed by atoms with Crippen molar-refractivity contribution in [3.05, 3.63) is 17.0 Å². The van der Waals surface area contributed by atoms with Gasteiger partial charge in [-0.1, -0.05) is 6.92 Å². The Kier molecular flexibility index (Phi) is 10.7. The fourth-order valence-corrected chi connectivity index (χ4v) is 3.61. The van der Waals surface area contributed by atoms with Crippen molar-refractivity contribution < 1.29 is 4.79 Å². The number of likely N-dealkylation sites (tertiary alicyclic amines) is 1. The molecule has 1 aliphatic rings. The lowest BCUT2D eigenvalue weighted by Crippen LogP contribution is -2.42. The molecule has 1 fully saturated rings. The summed E-state index contributed by atoms with van der Waals surface area (Å²) in [5.41, 5.74) is 3.46. The Labute approximate surface area is 164 Å². The third-order valence-corrected chi connectivity index (χ3v) is 5.32. The number of hydrogen-bond donors (Lipinski definition) is 1. The second-order valence-electron chi connectivity index (χ2n) is 7.04. The van der Waals surface area contributed by atoms with Crippen LogP contribution in [0.2, 0.25) is 0 Å². The Morgan fingerprint density at radius 1 is 1.28 bits per heavy atom. The fourth-order valence-electron chi connectivity index (χ4n) is 3.61. The Morgan fingerprint density at radius 2 is 1.88 bits per heavy atom. The molecular formula is C18H34Cl2N4O. The Balaban J connectivity index is 0.00000288. The molecule has 1 N–H and O–H groups in total. The van der Waals surface area contributed by atoms with Crippen molar-refractivity contribution in [2.75, 3.05) is 26.7 Å². The topological polar surface area (TPSA) is 50.2 Å². The van der Waals surface area contributed by atoms with Gasteiger partial charge in [-0.05, 0) is 64.6 Å². The molecule has 1 unspecified atom stereocenters. The van der Waals surface area contributed by atoms with Crippen LogP contribution in [0.4, 0.5) is 0 Å². The van der Waals surface area contributed by atoms with E-state index in [-0.39, 0.29) is 30.7 Å². The van der Waals surface area contributed by atoms with Gasteiger partial charge in [0.25, 0.3) is 0 Å². The molecule has 7 heteroatoms. The second kappa shape index (κ2) is 11.0. The van der Waals surface area contributed by atoms with Crippen LogP contribution in [-0.2, 0) is 18.3 Å². The molecule has 1 aromatic heterocycles. The zero-order chi connectivity index (χ0) is 17.0. The van der Waals surface area contributed by atoms with Gasteiger partial charge in [-0.2, -0.15) is 5.10 Å². The van der Waals surface area contributed by atoms with Crippen molar-refractivity contribution in [3.8, 4) is 0 Å². The fraction of sp³-hybridized carbons (Fsp3) is 0.778. The molecule has 0 aliphatic carbocycles. The standard InChI is InChI=1S/C18H32N4O.2ClH/c1-13(12-17-14(2)20-21(5)15(17)3)18(23)22-10-7-16(8-11-22)6-9-19-4;;/h13,16,19H,6-12H2,1-5H3;2*1H. The minimum Gasteiger partial charge on any atom is -0.342 e. The van der Waals surface area contributed by atoms with E-state index in [1.807, 2.05) is 25.7 Å². The highest BCUT2D eigenvalue weighted by Crippen LogP contribution is 2.23. The molecule has 0 spiro atoms. The van der Waals surface area contributed by atoms with Gasteiger partial charge < -0.3 is 10.2 Å². The van der Waals surface area contributed by atoms with Gasteiger partial charge in [-0.15, -0.1) is 24.8 Å². The minimum absolute atomic E-state index is 0. The van der Waals surface area contributed by atoms with Gasteiger partial charge in [-0.3, -0.25) is 9.48 Å². The molecule has 0 saturated carbocycles. The molecule has 1 saturated heterocycles. The van der Waals surface area contributed by atoms with Crippen molar-refractivity contribution in [2.24, 2.45) is 18.9 Å². The number of nitrogens with zero attached hydrogens (tertiary/aromatic N) is 3. The zero-order valence-corrected chi connectivity index (χ0v) is 17.8. The van der Waals surface area contributed by atoms with E-state index in [9.17, 15) is 4.79 Å². The number of nitrogens with one attached hydrogen (secondary N) is 1. The summed E-state index contributed by atoms with van der Waals surface area (Å²) in [7, 11) is 3.97. The van der Waals surface area contributed by atoms with Crippen LogP contribution in [0, 0.1) is 25.7 Å². The van der Waals surface area contributed by atoms with Crippen LogP contribution < -0.4 is 5.32 Å². The van der Waals surface area contributed by atoms with Crippen LogP contribution in [0.3, 0.4) is 0 Å². The molecule has 1 aliphatic heterocycles. The van der Waals surface area contributed by atoms with Gasteiger partial charge >= 0.3 is 0 Å². The summed E-state index contributed by atoms with van der Waals surface area (Å²) >= 11 is 0. The molecule has 1 aromatic rings. The van der Waals surface area contributed by atoms with E-state index in [1.54, 1.807) is 0 Å². The first-order valence-electron chi connectivity index (χ1n) is 8.86. The first kappa shape index (κ1) is 24.2.